The van der Waals surface area contributed by atoms with E-state index >= 15 is 0 Å². The lowest BCUT2D eigenvalue weighted by Gasteiger charge is -2.37. The monoisotopic (exact) mass is 248 g/mol. The second-order valence-electron chi connectivity index (χ2n) is 5.73. The molecule has 0 bridgehead atoms. The molecule has 2 nitrogen and oxygen atoms in total. The van der Waals surface area contributed by atoms with Gasteiger partial charge in [-0.1, -0.05) is 12.5 Å². The lowest BCUT2D eigenvalue weighted by Crippen LogP contribution is -2.41. The molecular weight excluding hydrogens is 227 g/mol. The van der Waals surface area contributed by atoms with Crippen LogP contribution in [-0.4, -0.2) is 17.5 Å². The molecule has 1 heterocycles. The van der Waals surface area contributed by atoms with Crippen LogP contribution in [-0.2, 0) is 6.54 Å². The Morgan fingerprint density at radius 2 is 2.06 bits per heavy atom. The molecule has 2 N–H and O–H groups in total. The molecule has 0 amide bonds. The molecule has 1 saturated carbocycles. The number of likely N-dealkylation sites (tertiary alicyclic amines) is 1. The van der Waals surface area contributed by atoms with E-state index in [9.17, 15) is 4.39 Å². The van der Waals surface area contributed by atoms with E-state index in [1.54, 1.807) is 12.1 Å². The van der Waals surface area contributed by atoms with Crippen LogP contribution in [0.25, 0.3) is 0 Å². The number of hydrogen-bond acceptors (Lipinski definition) is 2. The summed E-state index contributed by atoms with van der Waals surface area (Å²) >= 11 is 0. The average molecular weight is 248 g/mol. The minimum absolute atomic E-state index is 0.246. The first-order valence-electron chi connectivity index (χ1n) is 7.02. The van der Waals surface area contributed by atoms with E-state index < -0.39 is 0 Å². The highest BCUT2D eigenvalue weighted by molar-refractivity contribution is 5.41. The van der Waals surface area contributed by atoms with Crippen molar-refractivity contribution in [3.8, 4) is 0 Å². The second-order valence-corrected chi connectivity index (χ2v) is 5.73. The number of hydrogen-bond donors (Lipinski definition) is 1. The van der Waals surface area contributed by atoms with Crippen molar-refractivity contribution in [3.05, 3.63) is 29.6 Å². The molecule has 1 aromatic rings. The zero-order chi connectivity index (χ0) is 12.5. The normalized spacial score (nSPS) is 28.3. The number of rotatable bonds is 2. The Labute approximate surface area is 108 Å². The van der Waals surface area contributed by atoms with E-state index in [4.69, 9.17) is 5.73 Å². The molecule has 1 aliphatic heterocycles. The molecule has 2 unspecified atom stereocenters. The van der Waals surface area contributed by atoms with Crippen LogP contribution in [0, 0.1) is 11.7 Å². The van der Waals surface area contributed by atoms with Crippen molar-refractivity contribution in [2.45, 2.75) is 44.7 Å². The molecule has 3 heteroatoms. The predicted molar refractivity (Wildman–Crippen MR) is 71.6 cm³/mol. The third kappa shape index (κ3) is 2.24. The highest BCUT2D eigenvalue weighted by atomic mass is 19.1. The van der Waals surface area contributed by atoms with E-state index in [0.29, 0.717) is 0 Å². The van der Waals surface area contributed by atoms with Crippen molar-refractivity contribution < 1.29 is 4.39 Å². The maximum Gasteiger partial charge on any atom is 0.146 e. The van der Waals surface area contributed by atoms with Crippen molar-refractivity contribution in [1.82, 2.24) is 4.90 Å². The molecule has 18 heavy (non-hydrogen) atoms. The zero-order valence-corrected chi connectivity index (χ0v) is 10.7. The number of benzene rings is 1. The van der Waals surface area contributed by atoms with Crippen molar-refractivity contribution >= 4 is 5.69 Å². The molecule has 2 aliphatic rings. The molecular formula is C15H21FN2. The molecule has 2 atom stereocenters. The Morgan fingerprint density at radius 3 is 2.89 bits per heavy atom. The van der Waals surface area contributed by atoms with E-state index in [0.717, 1.165) is 30.6 Å². The van der Waals surface area contributed by atoms with Crippen LogP contribution in [0.4, 0.5) is 10.1 Å². The minimum atomic E-state index is -0.285. The first-order valence-corrected chi connectivity index (χ1v) is 7.02. The van der Waals surface area contributed by atoms with Gasteiger partial charge in [-0.15, -0.1) is 0 Å². The number of halogens is 1. The number of piperidine rings is 1. The van der Waals surface area contributed by atoms with E-state index in [2.05, 4.69) is 4.90 Å². The van der Waals surface area contributed by atoms with Gasteiger partial charge in [0.15, 0.2) is 0 Å². The summed E-state index contributed by atoms with van der Waals surface area (Å²) in [5.41, 5.74) is 6.82. The molecule has 98 valence electrons. The van der Waals surface area contributed by atoms with Crippen molar-refractivity contribution in [1.29, 1.82) is 0 Å². The Bertz CT molecular complexity index is 433. The lowest BCUT2D eigenvalue weighted by atomic mass is 9.91. The summed E-state index contributed by atoms with van der Waals surface area (Å²) in [6, 6.07) is 5.96. The van der Waals surface area contributed by atoms with Gasteiger partial charge in [0, 0.05) is 12.6 Å². The number of nitrogens with zero attached hydrogens (tertiary/aromatic N) is 1. The smallest absolute Gasteiger partial charge is 0.146 e. The van der Waals surface area contributed by atoms with Gasteiger partial charge >= 0.3 is 0 Å². The number of nitrogen functional groups attached to an aromatic ring is 1. The summed E-state index contributed by atoms with van der Waals surface area (Å²) in [4.78, 5) is 2.55. The molecule has 1 aliphatic carbocycles. The zero-order valence-electron chi connectivity index (χ0n) is 10.7. The van der Waals surface area contributed by atoms with Gasteiger partial charge in [-0.25, -0.2) is 4.39 Å². The molecule has 1 saturated heterocycles. The average Bonchev–Trinajstić information content (AvgIpc) is 2.83. The highest BCUT2D eigenvalue weighted by Gasteiger charge is 2.34. The van der Waals surface area contributed by atoms with Crippen molar-refractivity contribution in [3.63, 3.8) is 0 Å². The van der Waals surface area contributed by atoms with Gasteiger partial charge < -0.3 is 5.73 Å². The first-order chi connectivity index (χ1) is 8.74. The number of nitrogens with two attached hydrogens (primary N) is 1. The van der Waals surface area contributed by atoms with E-state index in [1.807, 2.05) is 6.07 Å². The fourth-order valence-corrected chi connectivity index (χ4v) is 3.66. The van der Waals surface area contributed by atoms with Gasteiger partial charge in [0.1, 0.15) is 5.82 Å². The largest absolute Gasteiger partial charge is 0.396 e. The van der Waals surface area contributed by atoms with Crippen LogP contribution in [0.15, 0.2) is 18.2 Å². The SMILES string of the molecule is Nc1ccc(CN2CCCC3CCCC32)cc1F. The van der Waals surface area contributed by atoms with Crippen LogP contribution in [0.2, 0.25) is 0 Å². The fraction of sp³-hybridized carbons (Fsp3) is 0.600. The first kappa shape index (κ1) is 12.0. The molecule has 1 aromatic carbocycles. The summed E-state index contributed by atoms with van der Waals surface area (Å²) in [6.45, 7) is 2.03. The fourth-order valence-electron chi connectivity index (χ4n) is 3.66. The molecule has 2 fully saturated rings. The minimum Gasteiger partial charge on any atom is -0.396 e. The Balaban J connectivity index is 1.73. The van der Waals surface area contributed by atoms with Crippen LogP contribution < -0.4 is 5.73 Å². The predicted octanol–water partition coefficient (Wildman–Crippen LogP) is 3.17. The van der Waals surface area contributed by atoms with E-state index in [1.165, 1.54) is 32.1 Å². The van der Waals surface area contributed by atoms with Gasteiger partial charge in [0.25, 0.3) is 0 Å². The van der Waals surface area contributed by atoms with Crippen LogP contribution >= 0.6 is 0 Å². The second kappa shape index (κ2) is 4.88. The van der Waals surface area contributed by atoms with Gasteiger partial charge in [-0.05, 0) is 55.8 Å². The molecule has 3 rings (SSSR count). The summed E-state index contributed by atoms with van der Waals surface area (Å²) in [5.74, 6) is 0.602. The maximum absolute atomic E-state index is 13.5. The van der Waals surface area contributed by atoms with Crippen molar-refractivity contribution in [2.24, 2.45) is 5.92 Å². The Hall–Kier alpha value is -1.09. The molecule has 0 aromatic heterocycles. The standard InChI is InChI=1S/C15H21FN2/c16-13-9-11(6-7-14(13)17)10-18-8-2-4-12-3-1-5-15(12)18/h6-7,9,12,15H,1-5,8,10,17H2. The van der Waals surface area contributed by atoms with Gasteiger partial charge in [-0.2, -0.15) is 0 Å². The van der Waals surface area contributed by atoms with Gasteiger partial charge in [0.2, 0.25) is 0 Å². The van der Waals surface area contributed by atoms with Crippen LogP contribution in [0.3, 0.4) is 0 Å². The number of anilines is 1. The third-order valence-corrected chi connectivity index (χ3v) is 4.56. The molecule has 0 spiro atoms. The molecule has 0 radical (unpaired) electrons. The summed E-state index contributed by atoms with van der Waals surface area (Å²) in [5, 5.41) is 0. The summed E-state index contributed by atoms with van der Waals surface area (Å²) in [7, 11) is 0. The summed E-state index contributed by atoms with van der Waals surface area (Å²) < 4.78 is 13.5. The van der Waals surface area contributed by atoms with Gasteiger partial charge in [-0.3, -0.25) is 4.90 Å². The van der Waals surface area contributed by atoms with E-state index in [-0.39, 0.29) is 11.5 Å². The Morgan fingerprint density at radius 1 is 1.22 bits per heavy atom. The topological polar surface area (TPSA) is 29.3 Å². The van der Waals surface area contributed by atoms with Gasteiger partial charge in [0.05, 0.1) is 5.69 Å². The van der Waals surface area contributed by atoms with Crippen molar-refractivity contribution in [2.75, 3.05) is 12.3 Å². The Kier molecular flexibility index (Phi) is 3.25. The quantitative estimate of drug-likeness (QED) is 0.814. The summed E-state index contributed by atoms with van der Waals surface area (Å²) in [6.07, 6.45) is 6.75. The highest BCUT2D eigenvalue weighted by Crippen LogP contribution is 2.37. The third-order valence-electron chi connectivity index (χ3n) is 4.56. The van der Waals surface area contributed by atoms with Crippen LogP contribution in [0.1, 0.15) is 37.7 Å². The maximum atomic E-state index is 13.5. The lowest BCUT2D eigenvalue weighted by molar-refractivity contribution is 0.106. The number of fused-ring (bicyclic) bond motifs is 1. The van der Waals surface area contributed by atoms with Crippen LogP contribution in [0.5, 0.6) is 0 Å².